The summed E-state index contributed by atoms with van der Waals surface area (Å²) in [6.07, 6.45) is -57.2. The molecule has 0 aromatic rings. The van der Waals surface area contributed by atoms with Crippen molar-refractivity contribution in [3.05, 3.63) is 0 Å². The van der Waals surface area contributed by atoms with Crippen molar-refractivity contribution in [1.82, 2.24) is 5.32 Å². The molecule has 706 valence electrons. The first-order chi connectivity index (χ1) is 54.0. The van der Waals surface area contributed by atoms with Crippen LogP contribution in [0.4, 0.5) is 0 Å². The summed E-state index contributed by atoms with van der Waals surface area (Å²) in [5.41, 5.74) is 0. The molecule has 4 heterocycles. The number of carbonyl (C=O) groups excluding carboxylic acids is 1. The summed E-state index contributed by atoms with van der Waals surface area (Å²) in [7, 11) is -88.2. The second-order valence-electron chi connectivity index (χ2n) is 24.7. The van der Waals surface area contributed by atoms with E-state index in [9.17, 15) is 173 Å². The molecule has 61 nitrogen and oxygen atoms in total. The van der Waals surface area contributed by atoms with Crippen molar-refractivity contribution in [2.75, 3.05) is 39.6 Å². The van der Waals surface area contributed by atoms with E-state index in [1.54, 1.807) is 0 Å². The molecule has 1 amide bonds. The number of amides is 1. The van der Waals surface area contributed by atoms with Gasteiger partial charge >= 0.3 is 384 Å². The van der Waals surface area contributed by atoms with Gasteiger partial charge in [-0.3, -0.25) is 55.0 Å². The molecule has 0 bridgehead atoms. The molecule has 4 aliphatic rings. The molecule has 4 fully saturated rings. The summed E-state index contributed by atoms with van der Waals surface area (Å²) < 4.78 is 573. The van der Waals surface area contributed by atoms with Crippen LogP contribution in [0.25, 0.3) is 0 Å². The number of nitrogens with one attached hydrogen (secondary N) is 1. The third kappa shape index (κ3) is 70.1. The van der Waals surface area contributed by atoms with Gasteiger partial charge in [0.25, 0.3) is 0 Å². The first kappa shape index (κ1) is 163. The van der Waals surface area contributed by atoms with E-state index >= 15 is 0 Å². The van der Waals surface area contributed by atoms with E-state index in [0.717, 1.165) is 57.8 Å². The summed E-state index contributed by atoms with van der Waals surface area (Å²) in [4.78, 5) is 12.7. The molecule has 132 heavy (non-hydrogen) atoms. The van der Waals surface area contributed by atoms with Gasteiger partial charge in [0.15, 0.2) is 49.6 Å². The fourth-order valence-electron chi connectivity index (χ4n) is 11.6. The molecule has 0 aliphatic carbocycles. The van der Waals surface area contributed by atoms with Gasteiger partial charge in [-0.25, -0.2) is 109 Å². The van der Waals surface area contributed by atoms with Crippen molar-refractivity contribution in [1.29, 1.82) is 0 Å². The van der Waals surface area contributed by atoms with Crippen molar-refractivity contribution < 1.29 is 646 Å². The largest absolute Gasteiger partial charge is 1.00 e. The molecule has 1 unspecified atom stereocenters. The maximum Gasteiger partial charge on any atom is 1.00 e. The summed E-state index contributed by atoms with van der Waals surface area (Å²) in [6, 6.07) is 0. The predicted octanol–water partition coefficient (Wildman–Crippen LogP) is -48.5. The van der Waals surface area contributed by atoms with Crippen LogP contribution >= 0.6 is 0 Å². The Balaban J connectivity index is -0.00000143. The third-order valence-corrected chi connectivity index (χ3v) is 22.4. The van der Waals surface area contributed by atoms with Gasteiger partial charge < -0.3 is 102 Å². The fraction of sp³-hybridized carbons (Fsp3) is 0.978. The molecule has 1 N–H and O–H groups in total. The first-order valence-electron chi connectivity index (χ1n) is 32.9. The summed E-state index contributed by atoms with van der Waals surface area (Å²) >= 11 is 0. The number of hydrogen-bond donors (Lipinski definition) is 1. The van der Waals surface area contributed by atoms with E-state index in [1.807, 2.05) is 0 Å². The number of unbranched alkanes of at least 4 members (excludes halogenated alkanes) is 14. The third-order valence-electron chi connectivity index (χ3n) is 15.8. The monoisotopic (exact) mass is 2300 g/mol. The Morgan fingerprint density at radius 3 is 0.720 bits per heavy atom. The number of hydrogen-bond acceptors (Lipinski definition) is 60. The molecule has 0 aromatic carbocycles. The van der Waals surface area contributed by atoms with Gasteiger partial charge in [-0.1, -0.05) is 96.8 Å². The Bertz CT molecular complexity index is 4920. The Morgan fingerprint density at radius 2 is 0.470 bits per heavy atom. The van der Waals surface area contributed by atoms with Gasteiger partial charge in [-0.2, -0.15) is 0 Å². The Kier molecular flexibility index (Phi) is 90.0. The number of rotatable bonds is 56. The summed E-state index contributed by atoms with van der Waals surface area (Å²) in [5, 5.41) is -1.45. The van der Waals surface area contributed by atoms with Crippen LogP contribution in [-0.4, -0.2) is 336 Å². The fourth-order valence-corrected chi connectivity index (χ4v) is 17.8. The van der Waals surface area contributed by atoms with Crippen LogP contribution in [0.2, 0.25) is 0 Å². The van der Waals surface area contributed by atoms with Crippen LogP contribution in [-0.2, 0) is 228 Å². The Morgan fingerprint density at radius 1 is 0.258 bits per heavy atom. The van der Waals surface area contributed by atoms with Crippen LogP contribution < -0.4 is 390 Å². The molecule has 0 saturated carbocycles. The second kappa shape index (κ2) is 73.1. The smallest absolute Gasteiger partial charge is 0.748 e. The van der Waals surface area contributed by atoms with Gasteiger partial charge in [0.1, 0.15) is 82.5 Å². The number of carbonyl (C=O) groups is 1. The van der Waals surface area contributed by atoms with Gasteiger partial charge in [0, 0.05) is 13.0 Å². The molecule has 0 aromatic heterocycles. The van der Waals surface area contributed by atoms with E-state index in [-0.39, 0.29) is 391 Å². The van der Waals surface area contributed by atoms with E-state index in [1.165, 1.54) is 25.7 Å². The zero-order valence-corrected chi connectivity index (χ0v) is 109. The van der Waals surface area contributed by atoms with E-state index < -0.39 is 309 Å². The average Bonchev–Trinajstić information content (AvgIpc) is 0.747. The standard InChI is InChI=1S/C45H83NO60S13.13Na/c1-2-3-4-5-6-7-8-9-10-11-12-13-14-15-16-18-29(47)46-19-17-20-87-42-37(103-116(75,76)77)33(99-112(63,64)65)30(25(92-42)21-88-108(51,52)53)96-43-38(104-117(78,79)80)34(100-113(66,67)68)31(26(93-43)22-89-109(54,55)56)97-44-39(105-118(81,82)83)35(101-114(69,70)71)32(27(94-44)23-90-110(57,58)59)98-45-40(106-119(84,85)86)36(102-115(72,73)74)41(107(48,49)50)28(95-45)24-91-111(60,61)62;;;;;;;;;;;;;/h25-28,30-45H,2-24H2,1H3,(H,46,47)(H,48,49,50)(H,51,52,53)(H,54,55,56)(H,57,58,59)(H,60,61,62)(H,63,64,65)(H,66,67,68)(H,69,70,71)(H,72,73,74)(H,75,76,77)(H,78,79,80)(H,81,82,83)(H,84,85,86);;;;;;;;;;;;;/q;13*+1/p-13/t25-,26-,27-,28-,30-,31-,32-,33+,34+,35+,36-,37-,38-,39-,40-,41?,42-,43-,44-,45-;;;;;;;;;;;;;/m1............./s1. The first-order valence-corrected chi connectivity index (χ1v) is 50.4. The zero-order valence-electron chi connectivity index (χ0n) is 72.6. The van der Waals surface area contributed by atoms with Gasteiger partial charge in [-0.15, -0.1) is 0 Å². The SMILES string of the molecule is CCCCCCCCCCCCCCCCCC(=O)NCCCO[C@@H]1O[C@H](COS(=O)(=O)[O-])[C@@H](O[C@H]2O[C@H](COS(=O)(=O)[O-])[C@@H](O[C@H]3O[C@H](COS(=O)(=O)[O-])[C@@H](O[C@H]4O[C@H](COS(=O)(=O)[O-])C(S(=O)(=O)[O-])[C@H](OS(=O)(=O)[O-])[C@H]4OS(=O)(=O)[O-])[C@H](OS(=O)(=O)[O-])[C@H]3OS(=O)(=O)[O-])[C@H](OS(=O)(=O)[O-])[C@H]2OS(=O)(=O)[O-])[C@H](OS(=O)(=O)[O-])[C@H]1OS(=O)(=O)[O-].[Na+].[Na+].[Na+].[Na+].[Na+].[Na+].[Na+].[Na+].[Na+].[Na+].[Na+].[Na+].[Na+]. The van der Waals surface area contributed by atoms with Crippen LogP contribution in [0, 0.1) is 0 Å². The molecular formula is C45H70NNa13O60S13. The maximum atomic E-state index is 12.8. The average molecular weight is 2300 g/mol. The normalized spacial score (nSPS) is 26.3. The van der Waals surface area contributed by atoms with Gasteiger partial charge in [0.05, 0.1) is 33.0 Å². The molecule has 4 saturated heterocycles. The predicted molar refractivity (Wildman–Crippen MR) is 345 cm³/mol. The van der Waals surface area contributed by atoms with E-state index in [4.69, 9.17) is 37.9 Å². The molecule has 0 spiro atoms. The zero-order chi connectivity index (χ0) is 90.7. The Labute approximate surface area is 1050 Å². The van der Waals surface area contributed by atoms with E-state index in [0.29, 0.717) is 12.8 Å². The van der Waals surface area contributed by atoms with Gasteiger partial charge in [-0.05, 0) is 12.8 Å². The van der Waals surface area contributed by atoms with Crippen molar-refractivity contribution in [3.8, 4) is 0 Å². The molecule has 4 aliphatic heterocycles. The van der Waals surface area contributed by atoms with Crippen LogP contribution in [0.1, 0.15) is 116 Å². The second-order valence-corrected chi connectivity index (χ2v) is 38.5. The van der Waals surface area contributed by atoms with Crippen molar-refractivity contribution in [2.24, 2.45) is 0 Å². The van der Waals surface area contributed by atoms with Gasteiger partial charge in [0.2, 0.25) is 131 Å². The minimum absolute atomic E-state index is 0. The van der Waals surface area contributed by atoms with Crippen LogP contribution in [0.5, 0.6) is 0 Å². The molecule has 4 rings (SSSR count). The van der Waals surface area contributed by atoms with E-state index in [2.05, 4.69) is 62.4 Å². The molecule has 87 heteroatoms. The summed E-state index contributed by atoms with van der Waals surface area (Å²) in [5.74, 6) is -0.584. The van der Waals surface area contributed by atoms with Crippen molar-refractivity contribution >= 4 is 141 Å². The number of ether oxygens (including phenoxy) is 8. The minimum atomic E-state index is -7.13. The van der Waals surface area contributed by atoms with Crippen molar-refractivity contribution in [2.45, 2.75) is 238 Å². The summed E-state index contributed by atoms with van der Waals surface area (Å²) in [6.45, 7) is -8.95. The van der Waals surface area contributed by atoms with Crippen molar-refractivity contribution in [3.63, 3.8) is 0 Å². The van der Waals surface area contributed by atoms with Crippen LogP contribution in [0.3, 0.4) is 0 Å². The molecule has 20 atom stereocenters. The quantitative estimate of drug-likeness (QED) is 0.0256. The topological polar surface area (TPSA) is 957 Å². The Hall–Kier alpha value is 10.5. The maximum absolute atomic E-state index is 12.8. The molecular weight excluding hydrogens is 2230 g/mol. The van der Waals surface area contributed by atoms with Crippen LogP contribution in [0.15, 0.2) is 0 Å². The minimum Gasteiger partial charge on any atom is -0.748 e. The molecule has 0 radical (unpaired) electrons.